The Morgan fingerprint density at radius 3 is 1.56 bits per heavy atom. The van der Waals surface area contributed by atoms with Crippen molar-refractivity contribution in [3.05, 3.63) is 173 Å². The van der Waals surface area contributed by atoms with E-state index in [1.807, 2.05) is 146 Å². The Morgan fingerprint density at radius 1 is 0.593 bits per heavy atom. The molecule has 5 aromatic rings. The summed E-state index contributed by atoms with van der Waals surface area (Å²) in [6, 6.07) is 45.3. The van der Waals surface area contributed by atoms with E-state index in [1.165, 1.54) is 0 Å². The topological polar surface area (TPSA) is 114 Å². The number of amides is 1. The van der Waals surface area contributed by atoms with Gasteiger partial charge in [-0.25, -0.2) is 4.79 Å². The maximum Gasteiger partial charge on any atom is 0.407 e. The molecule has 1 heterocycles. The zero-order valence-corrected chi connectivity index (χ0v) is 30.3. The molecule has 6 rings (SSSR count). The van der Waals surface area contributed by atoms with Crippen LogP contribution >= 0.6 is 0 Å². The highest BCUT2D eigenvalue weighted by Gasteiger charge is 2.51. The number of carbonyl (C=O) groups is 1. The fraction of sp³-hybridized carbons (Fsp3) is 0.295. The second-order valence-corrected chi connectivity index (χ2v) is 13.0. The fourth-order valence-electron chi connectivity index (χ4n) is 6.19. The van der Waals surface area contributed by atoms with E-state index in [2.05, 4.69) is 5.32 Å². The van der Waals surface area contributed by atoms with Crippen LogP contribution in [0.4, 0.5) is 4.79 Å². The van der Waals surface area contributed by atoms with Gasteiger partial charge >= 0.3 is 6.09 Å². The van der Waals surface area contributed by atoms with Crippen molar-refractivity contribution in [2.75, 3.05) is 13.7 Å². The molecule has 1 amide bonds. The lowest BCUT2D eigenvalue weighted by Gasteiger charge is -2.46. The molecule has 0 unspecified atom stereocenters. The Balaban J connectivity index is 1.29. The van der Waals surface area contributed by atoms with Crippen LogP contribution in [0.1, 0.15) is 27.8 Å². The van der Waals surface area contributed by atoms with Crippen molar-refractivity contribution in [2.45, 2.75) is 69.8 Å². The Hall–Kier alpha value is -5.07. The predicted octanol–water partition coefficient (Wildman–Crippen LogP) is 6.98. The normalized spacial score (nSPS) is 20.1. The summed E-state index contributed by atoms with van der Waals surface area (Å²) in [6.07, 6.45) is -5.75. The summed E-state index contributed by atoms with van der Waals surface area (Å²) in [5, 5.41) is 14.7. The number of nitrogens with one attached hydrogen (secondary N) is 1. The summed E-state index contributed by atoms with van der Waals surface area (Å²) in [7, 11) is 1.61. The Labute approximate surface area is 316 Å². The summed E-state index contributed by atoms with van der Waals surface area (Å²) in [6.45, 7) is 0.930. The standard InChI is InChI=1S/C44H47NO9/c1-48-37-24-22-36(23-25-37)29-52-42-41(51-28-34-18-10-4-11-19-34)40(50-27-33-16-8-3-9-17-33)39(54-43(42)46)38(31-49-26-32-14-6-2-7-15-32)45-44(47)53-30-35-20-12-5-13-21-35/h2-25,38-43,46H,26-31H2,1H3,(H,45,47)/t38-,39+,40+,41-,42+,43-/m0/s1. The van der Waals surface area contributed by atoms with Gasteiger partial charge in [0.25, 0.3) is 0 Å². The first-order valence-corrected chi connectivity index (χ1v) is 18.0. The summed E-state index contributed by atoms with van der Waals surface area (Å²) in [5.74, 6) is 0.719. The molecule has 1 aliphatic heterocycles. The van der Waals surface area contributed by atoms with Crippen LogP contribution in [0, 0.1) is 0 Å². The van der Waals surface area contributed by atoms with E-state index in [4.69, 9.17) is 33.2 Å². The van der Waals surface area contributed by atoms with E-state index in [1.54, 1.807) is 7.11 Å². The third-order valence-corrected chi connectivity index (χ3v) is 9.04. The zero-order chi connectivity index (χ0) is 37.4. The average molecular weight is 734 g/mol. The monoisotopic (exact) mass is 733 g/mol. The van der Waals surface area contributed by atoms with Crippen LogP contribution in [-0.2, 0) is 61.5 Å². The van der Waals surface area contributed by atoms with Gasteiger partial charge in [0.1, 0.15) is 36.8 Å². The molecular weight excluding hydrogens is 686 g/mol. The van der Waals surface area contributed by atoms with Gasteiger partial charge in [-0.2, -0.15) is 0 Å². The van der Waals surface area contributed by atoms with Crippen LogP contribution in [0.15, 0.2) is 146 Å². The molecule has 1 aliphatic rings. The number of methoxy groups -OCH3 is 1. The molecule has 6 atom stereocenters. The molecule has 5 aromatic carbocycles. The minimum Gasteiger partial charge on any atom is -0.497 e. The van der Waals surface area contributed by atoms with Crippen molar-refractivity contribution < 1.29 is 43.1 Å². The Kier molecular flexibility index (Phi) is 14.6. The van der Waals surface area contributed by atoms with Gasteiger partial charge in [0.05, 0.1) is 46.2 Å². The molecule has 282 valence electrons. The number of hydrogen-bond acceptors (Lipinski definition) is 9. The predicted molar refractivity (Wildman–Crippen MR) is 202 cm³/mol. The molecule has 54 heavy (non-hydrogen) atoms. The summed E-state index contributed by atoms with van der Waals surface area (Å²) < 4.78 is 43.3. The molecular formula is C44H47NO9. The molecule has 10 nitrogen and oxygen atoms in total. The number of aliphatic hydroxyl groups is 1. The number of rotatable bonds is 18. The van der Waals surface area contributed by atoms with Gasteiger partial charge in [0.15, 0.2) is 6.29 Å². The van der Waals surface area contributed by atoms with Crippen molar-refractivity contribution in [3.8, 4) is 5.75 Å². The van der Waals surface area contributed by atoms with E-state index in [0.29, 0.717) is 0 Å². The molecule has 2 N–H and O–H groups in total. The SMILES string of the molecule is COc1ccc(CO[C@@H]2[C@@H](OCc3ccccc3)[C@H](OCc3ccccc3)[C@@H]([C@H](COCc3ccccc3)NC(=O)OCc3ccccc3)O[C@@H]2O)cc1. The molecule has 0 aliphatic carbocycles. The van der Waals surface area contributed by atoms with Gasteiger partial charge < -0.3 is 43.6 Å². The quantitative estimate of drug-likeness (QED) is 0.0985. The molecule has 1 fully saturated rings. The van der Waals surface area contributed by atoms with Gasteiger partial charge in [-0.05, 0) is 39.9 Å². The number of carbonyl (C=O) groups excluding carboxylic acids is 1. The van der Waals surface area contributed by atoms with Crippen molar-refractivity contribution >= 4 is 6.09 Å². The average Bonchev–Trinajstić information content (AvgIpc) is 3.22. The summed E-state index contributed by atoms with van der Waals surface area (Å²) in [4.78, 5) is 13.4. The van der Waals surface area contributed by atoms with Gasteiger partial charge in [-0.3, -0.25) is 0 Å². The van der Waals surface area contributed by atoms with Crippen LogP contribution in [0.5, 0.6) is 5.75 Å². The van der Waals surface area contributed by atoms with E-state index >= 15 is 0 Å². The second kappa shape index (κ2) is 20.4. The van der Waals surface area contributed by atoms with Crippen LogP contribution in [-0.4, -0.2) is 61.7 Å². The number of hydrogen-bond donors (Lipinski definition) is 2. The van der Waals surface area contributed by atoms with Crippen LogP contribution in [0.3, 0.4) is 0 Å². The Morgan fingerprint density at radius 2 is 1.04 bits per heavy atom. The van der Waals surface area contributed by atoms with Crippen LogP contribution in [0.25, 0.3) is 0 Å². The first-order valence-electron chi connectivity index (χ1n) is 18.0. The summed E-state index contributed by atoms with van der Waals surface area (Å²) in [5.41, 5.74) is 4.51. The van der Waals surface area contributed by atoms with Crippen LogP contribution < -0.4 is 10.1 Å². The third kappa shape index (κ3) is 11.5. The second-order valence-electron chi connectivity index (χ2n) is 13.0. The Bertz CT molecular complexity index is 1800. The van der Waals surface area contributed by atoms with Crippen molar-refractivity contribution in [1.82, 2.24) is 5.32 Å². The van der Waals surface area contributed by atoms with Gasteiger partial charge in [0.2, 0.25) is 0 Å². The van der Waals surface area contributed by atoms with Gasteiger partial charge in [-0.1, -0.05) is 133 Å². The third-order valence-electron chi connectivity index (χ3n) is 9.04. The number of aliphatic hydroxyl groups excluding tert-OH is 1. The highest BCUT2D eigenvalue weighted by Crippen LogP contribution is 2.32. The smallest absolute Gasteiger partial charge is 0.407 e. The lowest BCUT2D eigenvalue weighted by Crippen LogP contribution is -2.66. The lowest BCUT2D eigenvalue weighted by molar-refractivity contribution is -0.316. The van der Waals surface area contributed by atoms with Crippen LogP contribution in [0.2, 0.25) is 0 Å². The molecule has 0 bridgehead atoms. The molecule has 0 radical (unpaired) electrons. The highest BCUT2D eigenvalue weighted by molar-refractivity contribution is 5.67. The first kappa shape index (κ1) is 38.6. The van der Waals surface area contributed by atoms with E-state index in [0.717, 1.165) is 33.6 Å². The number of ether oxygens (including phenoxy) is 7. The van der Waals surface area contributed by atoms with Gasteiger partial charge in [-0.15, -0.1) is 0 Å². The maximum absolute atomic E-state index is 13.4. The molecule has 0 saturated carbocycles. The molecule has 0 spiro atoms. The number of benzene rings is 5. The highest BCUT2D eigenvalue weighted by atomic mass is 16.7. The lowest BCUT2D eigenvalue weighted by atomic mass is 9.93. The number of alkyl carbamates (subject to hydrolysis) is 1. The van der Waals surface area contributed by atoms with Crippen molar-refractivity contribution in [1.29, 1.82) is 0 Å². The minimum absolute atomic E-state index is 0.0146. The maximum atomic E-state index is 13.4. The summed E-state index contributed by atoms with van der Waals surface area (Å²) >= 11 is 0. The molecule has 0 aromatic heterocycles. The first-order chi connectivity index (χ1) is 26.6. The van der Waals surface area contributed by atoms with E-state index in [9.17, 15) is 9.90 Å². The zero-order valence-electron chi connectivity index (χ0n) is 30.3. The fourth-order valence-corrected chi connectivity index (χ4v) is 6.19. The van der Waals surface area contributed by atoms with Crippen molar-refractivity contribution in [2.24, 2.45) is 0 Å². The van der Waals surface area contributed by atoms with Crippen molar-refractivity contribution in [3.63, 3.8) is 0 Å². The van der Waals surface area contributed by atoms with E-state index < -0.39 is 42.8 Å². The largest absolute Gasteiger partial charge is 0.497 e. The van der Waals surface area contributed by atoms with E-state index in [-0.39, 0.29) is 39.6 Å². The molecule has 1 saturated heterocycles. The molecule has 10 heteroatoms. The minimum atomic E-state index is -1.45. The van der Waals surface area contributed by atoms with Gasteiger partial charge in [0, 0.05) is 0 Å².